The Balaban J connectivity index is 1.70. The molecule has 0 spiro atoms. The number of ether oxygens (including phenoxy) is 1. The van der Waals surface area contributed by atoms with Crippen LogP contribution in [0.1, 0.15) is 43.4 Å². The molecule has 0 amide bonds. The van der Waals surface area contributed by atoms with Gasteiger partial charge >= 0.3 is 0 Å². The van der Waals surface area contributed by atoms with Crippen LogP contribution in [0.3, 0.4) is 0 Å². The molecule has 0 bridgehead atoms. The van der Waals surface area contributed by atoms with Gasteiger partial charge in [-0.1, -0.05) is 5.16 Å². The van der Waals surface area contributed by atoms with Gasteiger partial charge < -0.3 is 14.6 Å². The Labute approximate surface area is 113 Å². The summed E-state index contributed by atoms with van der Waals surface area (Å²) in [6.45, 7) is 3.81. The van der Waals surface area contributed by atoms with Gasteiger partial charge in [0.25, 0.3) is 0 Å². The number of hydrogen-bond acceptors (Lipinski definition) is 6. The minimum atomic E-state index is 0.307. The van der Waals surface area contributed by atoms with Crippen molar-refractivity contribution in [2.45, 2.75) is 44.4 Å². The van der Waals surface area contributed by atoms with E-state index in [9.17, 15) is 0 Å². The molecule has 1 N–H and O–H groups in total. The normalized spacial score (nSPS) is 26.1. The standard InChI is InChI=1S/C13H22N4O2/c1-18-9-12-15-13(19-16-12)11-3-2-8-17(11)10-4-6-14-7-5-10/h10-11,14H,2-9H2,1H3. The van der Waals surface area contributed by atoms with Crippen LogP contribution in [0.4, 0.5) is 0 Å². The summed E-state index contributed by atoms with van der Waals surface area (Å²) in [6, 6.07) is 0.965. The summed E-state index contributed by atoms with van der Waals surface area (Å²) in [5, 5.41) is 7.40. The van der Waals surface area contributed by atoms with Gasteiger partial charge in [0.15, 0.2) is 5.82 Å². The first-order valence-electron chi connectivity index (χ1n) is 7.16. The van der Waals surface area contributed by atoms with Crippen molar-refractivity contribution in [3.8, 4) is 0 Å². The first-order chi connectivity index (χ1) is 9.38. The maximum atomic E-state index is 5.42. The molecule has 2 saturated heterocycles. The number of rotatable bonds is 4. The van der Waals surface area contributed by atoms with Crippen molar-refractivity contribution in [3.63, 3.8) is 0 Å². The van der Waals surface area contributed by atoms with Gasteiger partial charge in [0.1, 0.15) is 6.61 Å². The van der Waals surface area contributed by atoms with Gasteiger partial charge in [0, 0.05) is 13.2 Å². The number of aromatic nitrogens is 2. The lowest BCUT2D eigenvalue weighted by Gasteiger charge is -2.34. The fraction of sp³-hybridized carbons (Fsp3) is 0.846. The molecular weight excluding hydrogens is 244 g/mol. The molecule has 0 aliphatic carbocycles. The maximum Gasteiger partial charge on any atom is 0.244 e. The molecule has 1 aromatic rings. The molecule has 6 nitrogen and oxygen atoms in total. The Kier molecular flexibility index (Phi) is 4.10. The van der Waals surface area contributed by atoms with E-state index in [0.29, 0.717) is 24.5 Å². The smallest absolute Gasteiger partial charge is 0.244 e. The van der Waals surface area contributed by atoms with Crippen molar-refractivity contribution >= 4 is 0 Å². The second-order valence-corrected chi connectivity index (χ2v) is 5.36. The number of likely N-dealkylation sites (tertiary alicyclic amines) is 1. The Bertz CT molecular complexity index is 403. The van der Waals surface area contributed by atoms with Crippen LogP contribution < -0.4 is 5.32 Å². The molecule has 0 radical (unpaired) electrons. The lowest BCUT2D eigenvalue weighted by molar-refractivity contribution is 0.126. The first-order valence-corrected chi connectivity index (χ1v) is 7.16. The minimum absolute atomic E-state index is 0.307. The molecule has 2 aliphatic heterocycles. The van der Waals surface area contributed by atoms with Crippen molar-refractivity contribution in [2.75, 3.05) is 26.7 Å². The van der Waals surface area contributed by atoms with Gasteiger partial charge in [-0.05, 0) is 45.3 Å². The Hall–Kier alpha value is -0.980. The van der Waals surface area contributed by atoms with Crippen molar-refractivity contribution in [2.24, 2.45) is 0 Å². The van der Waals surface area contributed by atoms with E-state index in [1.165, 1.54) is 19.3 Å². The fourth-order valence-electron chi connectivity index (χ4n) is 3.22. The zero-order chi connectivity index (χ0) is 13.1. The highest BCUT2D eigenvalue weighted by molar-refractivity contribution is 4.98. The first kappa shape index (κ1) is 13.0. The van der Waals surface area contributed by atoms with E-state index in [4.69, 9.17) is 9.26 Å². The Morgan fingerprint density at radius 3 is 3.00 bits per heavy atom. The highest BCUT2D eigenvalue weighted by atomic mass is 16.5. The largest absolute Gasteiger partial charge is 0.377 e. The summed E-state index contributed by atoms with van der Waals surface area (Å²) in [5.74, 6) is 1.41. The average molecular weight is 266 g/mol. The lowest BCUT2D eigenvalue weighted by Crippen LogP contribution is -2.42. The topological polar surface area (TPSA) is 63.4 Å². The molecule has 19 heavy (non-hydrogen) atoms. The predicted molar refractivity (Wildman–Crippen MR) is 69.6 cm³/mol. The monoisotopic (exact) mass is 266 g/mol. The molecule has 0 saturated carbocycles. The summed E-state index contributed by atoms with van der Waals surface area (Å²) >= 11 is 0. The third kappa shape index (κ3) is 2.80. The summed E-state index contributed by atoms with van der Waals surface area (Å²) in [6.07, 6.45) is 4.78. The van der Waals surface area contributed by atoms with Crippen LogP contribution in [-0.4, -0.2) is 47.8 Å². The van der Waals surface area contributed by atoms with Crippen LogP contribution in [-0.2, 0) is 11.3 Å². The van der Waals surface area contributed by atoms with E-state index in [0.717, 1.165) is 31.9 Å². The summed E-state index contributed by atoms with van der Waals surface area (Å²) in [5.41, 5.74) is 0. The van der Waals surface area contributed by atoms with E-state index < -0.39 is 0 Å². The number of nitrogens with zero attached hydrogens (tertiary/aromatic N) is 3. The van der Waals surface area contributed by atoms with Crippen molar-refractivity contribution in [3.05, 3.63) is 11.7 Å². The molecule has 1 aromatic heterocycles. The van der Waals surface area contributed by atoms with Crippen molar-refractivity contribution in [1.29, 1.82) is 0 Å². The summed E-state index contributed by atoms with van der Waals surface area (Å²) in [4.78, 5) is 7.03. The number of piperidine rings is 1. The second-order valence-electron chi connectivity index (χ2n) is 5.36. The number of nitrogens with one attached hydrogen (secondary N) is 1. The van der Waals surface area contributed by atoms with Gasteiger partial charge in [-0.25, -0.2) is 0 Å². The van der Waals surface area contributed by atoms with Crippen molar-refractivity contribution in [1.82, 2.24) is 20.4 Å². The van der Waals surface area contributed by atoms with Crippen LogP contribution in [0.2, 0.25) is 0 Å². The molecule has 106 valence electrons. The fourth-order valence-corrected chi connectivity index (χ4v) is 3.22. The van der Waals surface area contributed by atoms with E-state index in [-0.39, 0.29) is 0 Å². The van der Waals surface area contributed by atoms with Gasteiger partial charge in [0.2, 0.25) is 5.89 Å². The summed E-state index contributed by atoms with van der Waals surface area (Å²) in [7, 11) is 1.65. The Morgan fingerprint density at radius 2 is 2.21 bits per heavy atom. The molecule has 1 atom stereocenters. The predicted octanol–water partition coefficient (Wildman–Crippen LogP) is 1.10. The zero-order valence-electron chi connectivity index (χ0n) is 11.5. The van der Waals surface area contributed by atoms with Crippen LogP contribution in [0.15, 0.2) is 4.52 Å². The van der Waals surface area contributed by atoms with E-state index in [1.807, 2.05) is 0 Å². The van der Waals surface area contributed by atoms with E-state index >= 15 is 0 Å². The molecule has 3 rings (SSSR count). The molecule has 2 aliphatic rings. The SMILES string of the molecule is COCc1noc(C2CCCN2C2CCNCC2)n1. The maximum absolute atomic E-state index is 5.42. The highest BCUT2D eigenvalue weighted by Gasteiger charge is 2.35. The van der Waals surface area contributed by atoms with Gasteiger partial charge in [-0.3, -0.25) is 4.90 Å². The number of methoxy groups -OCH3 is 1. The van der Waals surface area contributed by atoms with Gasteiger partial charge in [-0.15, -0.1) is 0 Å². The lowest BCUT2D eigenvalue weighted by atomic mass is 10.0. The van der Waals surface area contributed by atoms with E-state index in [1.54, 1.807) is 7.11 Å². The van der Waals surface area contributed by atoms with Gasteiger partial charge in [0.05, 0.1) is 6.04 Å². The van der Waals surface area contributed by atoms with Crippen LogP contribution in [0, 0.1) is 0 Å². The van der Waals surface area contributed by atoms with Crippen LogP contribution >= 0.6 is 0 Å². The average Bonchev–Trinajstić information content (AvgIpc) is 3.08. The summed E-state index contributed by atoms with van der Waals surface area (Å²) < 4.78 is 10.5. The zero-order valence-corrected chi connectivity index (χ0v) is 11.5. The third-order valence-electron chi connectivity index (χ3n) is 4.11. The molecule has 3 heterocycles. The molecular formula is C13H22N4O2. The van der Waals surface area contributed by atoms with Crippen LogP contribution in [0.25, 0.3) is 0 Å². The molecule has 1 unspecified atom stereocenters. The second kappa shape index (κ2) is 5.98. The van der Waals surface area contributed by atoms with Crippen LogP contribution in [0.5, 0.6) is 0 Å². The van der Waals surface area contributed by atoms with E-state index in [2.05, 4.69) is 20.4 Å². The quantitative estimate of drug-likeness (QED) is 0.880. The molecule has 6 heteroatoms. The third-order valence-corrected chi connectivity index (χ3v) is 4.11. The molecule has 0 aromatic carbocycles. The Morgan fingerprint density at radius 1 is 1.37 bits per heavy atom. The van der Waals surface area contributed by atoms with Gasteiger partial charge in [-0.2, -0.15) is 4.98 Å². The highest BCUT2D eigenvalue weighted by Crippen LogP contribution is 2.34. The molecule has 2 fully saturated rings. The minimum Gasteiger partial charge on any atom is -0.377 e. The van der Waals surface area contributed by atoms with Crippen molar-refractivity contribution < 1.29 is 9.26 Å². The number of hydrogen-bond donors (Lipinski definition) is 1.